The quantitative estimate of drug-likeness (QED) is 0.896. The van der Waals surface area contributed by atoms with Gasteiger partial charge in [-0.2, -0.15) is 0 Å². The summed E-state index contributed by atoms with van der Waals surface area (Å²) >= 11 is 0. The van der Waals surface area contributed by atoms with Gasteiger partial charge in [-0.3, -0.25) is 4.79 Å². The van der Waals surface area contributed by atoms with Crippen LogP contribution in [-0.4, -0.2) is 17.6 Å². The third kappa shape index (κ3) is 3.68. The summed E-state index contributed by atoms with van der Waals surface area (Å²) in [5.74, 6) is -0.167. The molecular formula is C17H19NO2. The molecule has 0 aliphatic heterocycles. The highest BCUT2D eigenvalue weighted by Crippen LogP contribution is 2.13. The summed E-state index contributed by atoms with van der Waals surface area (Å²) in [7, 11) is 0. The lowest BCUT2D eigenvalue weighted by Gasteiger charge is -2.12. The Morgan fingerprint density at radius 3 is 2.45 bits per heavy atom. The van der Waals surface area contributed by atoms with E-state index in [0.717, 1.165) is 16.7 Å². The highest BCUT2D eigenvalue weighted by molar-refractivity contribution is 5.94. The molecule has 0 unspecified atom stereocenters. The van der Waals surface area contributed by atoms with Crippen LogP contribution in [0.15, 0.2) is 48.5 Å². The van der Waals surface area contributed by atoms with Crippen LogP contribution in [0.2, 0.25) is 0 Å². The zero-order valence-electron chi connectivity index (χ0n) is 11.8. The summed E-state index contributed by atoms with van der Waals surface area (Å²) in [6, 6.07) is 15.0. The third-order valence-electron chi connectivity index (χ3n) is 3.20. The van der Waals surface area contributed by atoms with Crippen LogP contribution < -0.4 is 5.32 Å². The maximum Gasteiger partial charge on any atom is 0.251 e. The maximum absolute atomic E-state index is 12.0. The van der Waals surface area contributed by atoms with Gasteiger partial charge in [0, 0.05) is 12.1 Å². The molecule has 0 bridgehead atoms. The van der Waals surface area contributed by atoms with E-state index in [9.17, 15) is 9.90 Å². The second kappa shape index (κ2) is 6.35. The molecule has 0 saturated heterocycles. The molecule has 1 atom stereocenters. The van der Waals surface area contributed by atoms with Crippen molar-refractivity contribution >= 4 is 5.91 Å². The van der Waals surface area contributed by atoms with Crippen LogP contribution in [0.4, 0.5) is 0 Å². The van der Waals surface area contributed by atoms with Crippen molar-refractivity contribution in [3.05, 3.63) is 70.8 Å². The lowest BCUT2D eigenvalue weighted by atomic mass is 10.1. The van der Waals surface area contributed by atoms with Crippen molar-refractivity contribution in [2.24, 2.45) is 0 Å². The summed E-state index contributed by atoms with van der Waals surface area (Å²) in [5.41, 5.74) is 3.60. The largest absolute Gasteiger partial charge is 0.387 e. The molecule has 3 nitrogen and oxygen atoms in total. The number of aliphatic hydroxyl groups is 1. The molecule has 0 saturated carbocycles. The lowest BCUT2D eigenvalue weighted by molar-refractivity contribution is 0.0916. The van der Waals surface area contributed by atoms with Crippen molar-refractivity contribution in [2.75, 3.05) is 6.54 Å². The molecule has 0 aliphatic carbocycles. The minimum Gasteiger partial charge on any atom is -0.387 e. The van der Waals surface area contributed by atoms with Crippen LogP contribution in [-0.2, 0) is 0 Å². The van der Waals surface area contributed by atoms with Gasteiger partial charge in [0.15, 0.2) is 0 Å². The van der Waals surface area contributed by atoms with Gasteiger partial charge < -0.3 is 10.4 Å². The SMILES string of the molecule is Cc1ccc([C@@H](O)CNC(=O)c2cccc(C)c2)cc1. The summed E-state index contributed by atoms with van der Waals surface area (Å²) in [6.45, 7) is 4.14. The predicted octanol–water partition coefficient (Wildman–Crippen LogP) is 2.77. The first-order chi connectivity index (χ1) is 9.56. The van der Waals surface area contributed by atoms with Gasteiger partial charge in [-0.15, -0.1) is 0 Å². The van der Waals surface area contributed by atoms with Crippen molar-refractivity contribution < 1.29 is 9.90 Å². The number of aliphatic hydroxyl groups excluding tert-OH is 1. The zero-order chi connectivity index (χ0) is 14.5. The second-order valence-electron chi connectivity index (χ2n) is 5.01. The van der Waals surface area contributed by atoms with Crippen LogP contribution >= 0.6 is 0 Å². The summed E-state index contributed by atoms with van der Waals surface area (Å²) in [5, 5.41) is 12.8. The Kier molecular flexibility index (Phi) is 4.53. The topological polar surface area (TPSA) is 49.3 Å². The van der Waals surface area contributed by atoms with E-state index in [1.165, 1.54) is 0 Å². The van der Waals surface area contributed by atoms with Crippen molar-refractivity contribution in [1.29, 1.82) is 0 Å². The normalized spacial score (nSPS) is 11.9. The number of carbonyl (C=O) groups is 1. The van der Waals surface area contributed by atoms with E-state index in [0.29, 0.717) is 5.56 Å². The molecule has 2 rings (SSSR count). The fourth-order valence-corrected chi connectivity index (χ4v) is 1.98. The minimum atomic E-state index is -0.690. The van der Waals surface area contributed by atoms with E-state index in [-0.39, 0.29) is 12.5 Å². The Labute approximate surface area is 119 Å². The van der Waals surface area contributed by atoms with E-state index < -0.39 is 6.10 Å². The molecule has 0 fully saturated rings. The standard InChI is InChI=1S/C17H19NO2/c1-12-6-8-14(9-7-12)16(19)11-18-17(20)15-5-3-4-13(2)10-15/h3-10,16,19H,11H2,1-2H3,(H,18,20)/t16-/m0/s1. The molecule has 0 aromatic heterocycles. The molecule has 104 valence electrons. The first-order valence-electron chi connectivity index (χ1n) is 6.66. The molecule has 0 aliphatic rings. The number of amides is 1. The number of rotatable bonds is 4. The first-order valence-corrected chi connectivity index (χ1v) is 6.66. The Hall–Kier alpha value is -2.13. The number of hydrogen-bond donors (Lipinski definition) is 2. The van der Waals surface area contributed by atoms with Gasteiger partial charge in [-0.05, 0) is 31.5 Å². The molecule has 3 heteroatoms. The number of benzene rings is 2. The second-order valence-corrected chi connectivity index (χ2v) is 5.01. The van der Waals surface area contributed by atoms with E-state index in [1.807, 2.05) is 56.3 Å². The van der Waals surface area contributed by atoms with Crippen molar-refractivity contribution in [2.45, 2.75) is 20.0 Å². The molecule has 2 aromatic rings. The van der Waals surface area contributed by atoms with Gasteiger partial charge in [0.25, 0.3) is 5.91 Å². The highest BCUT2D eigenvalue weighted by atomic mass is 16.3. The maximum atomic E-state index is 12.0. The highest BCUT2D eigenvalue weighted by Gasteiger charge is 2.10. The first kappa shape index (κ1) is 14.3. The molecule has 2 N–H and O–H groups in total. The van der Waals surface area contributed by atoms with E-state index in [2.05, 4.69) is 5.32 Å². The smallest absolute Gasteiger partial charge is 0.251 e. The van der Waals surface area contributed by atoms with Crippen molar-refractivity contribution in [3.63, 3.8) is 0 Å². The van der Waals surface area contributed by atoms with E-state index >= 15 is 0 Å². The van der Waals surface area contributed by atoms with Crippen LogP contribution in [0, 0.1) is 13.8 Å². The van der Waals surface area contributed by atoms with Gasteiger partial charge >= 0.3 is 0 Å². The van der Waals surface area contributed by atoms with Crippen LogP contribution in [0.3, 0.4) is 0 Å². The number of nitrogens with one attached hydrogen (secondary N) is 1. The Bertz CT molecular complexity index is 590. The molecule has 0 radical (unpaired) electrons. The predicted molar refractivity (Wildman–Crippen MR) is 79.7 cm³/mol. The fourth-order valence-electron chi connectivity index (χ4n) is 1.98. The summed E-state index contributed by atoms with van der Waals surface area (Å²) in [6.07, 6.45) is -0.690. The Morgan fingerprint density at radius 2 is 1.80 bits per heavy atom. The summed E-state index contributed by atoms with van der Waals surface area (Å²) < 4.78 is 0. The van der Waals surface area contributed by atoms with Crippen LogP contribution in [0.1, 0.15) is 33.2 Å². The molecule has 1 amide bonds. The van der Waals surface area contributed by atoms with Crippen LogP contribution in [0.25, 0.3) is 0 Å². The van der Waals surface area contributed by atoms with Crippen molar-refractivity contribution in [1.82, 2.24) is 5.32 Å². The molecule has 0 heterocycles. The van der Waals surface area contributed by atoms with Gasteiger partial charge in [0.05, 0.1) is 6.10 Å². The molecule has 2 aromatic carbocycles. The van der Waals surface area contributed by atoms with Crippen LogP contribution in [0.5, 0.6) is 0 Å². The van der Waals surface area contributed by atoms with Gasteiger partial charge in [-0.1, -0.05) is 47.5 Å². The van der Waals surface area contributed by atoms with Gasteiger partial charge in [0.2, 0.25) is 0 Å². The van der Waals surface area contributed by atoms with Gasteiger partial charge in [-0.25, -0.2) is 0 Å². The van der Waals surface area contributed by atoms with Gasteiger partial charge in [0.1, 0.15) is 0 Å². The lowest BCUT2D eigenvalue weighted by Crippen LogP contribution is -2.28. The van der Waals surface area contributed by atoms with E-state index in [1.54, 1.807) is 6.07 Å². The molecule has 20 heavy (non-hydrogen) atoms. The molecule has 0 spiro atoms. The van der Waals surface area contributed by atoms with E-state index in [4.69, 9.17) is 0 Å². The number of aryl methyl sites for hydroxylation is 2. The zero-order valence-corrected chi connectivity index (χ0v) is 11.8. The number of hydrogen-bond acceptors (Lipinski definition) is 2. The average Bonchev–Trinajstić information content (AvgIpc) is 2.45. The fraction of sp³-hybridized carbons (Fsp3) is 0.235. The minimum absolute atomic E-state index is 0.167. The average molecular weight is 269 g/mol. The Balaban J connectivity index is 1.94. The summed E-state index contributed by atoms with van der Waals surface area (Å²) in [4.78, 5) is 12.0. The molecular weight excluding hydrogens is 250 g/mol. The van der Waals surface area contributed by atoms with Crippen molar-refractivity contribution in [3.8, 4) is 0 Å². The monoisotopic (exact) mass is 269 g/mol. The third-order valence-corrected chi connectivity index (χ3v) is 3.20. The Morgan fingerprint density at radius 1 is 1.10 bits per heavy atom. The number of carbonyl (C=O) groups excluding carboxylic acids is 1.